The number of hydrogen-bond donors (Lipinski definition) is 1. The van der Waals surface area contributed by atoms with Gasteiger partial charge in [-0.3, -0.25) is 4.90 Å². The molecule has 14 heavy (non-hydrogen) atoms. The first-order valence-electron chi connectivity index (χ1n) is 5.25. The van der Waals surface area contributed by atoms with Crippen LogP contribution in [0.5, 0.6) is 0 Å². The standard InChI is InChI=1S/C12H21NO/c1-6-12(14)7-8-13(9-10(12)2)11(3,4)5/h1,10,14H,7-9H2,2-5H3/t10-,12-/m0/s1. The molecule has 0 aromatic rings. The predicted molar refractivity (Wildman–Crippen MR) is 58.9 cm³/mol. The number of piperidine rings is 1. The van der Waals surface area contributed by atoms with E-state index in [1.807, 2.05) is 6.92 Å². The van der Waals surface area contributed by atoms with Gasteiger partial charge in [0.1, 0.15) is 5.60 Å². The molecule has 1 N–H and O–H groups in total. The fraction of sp³-hybridized carbons (Fsp3) is 0.833. The lowest BCUT2D eigenvalue weighted by atomic mass is 9.81. The second-order valence-electron chi connectivity index (χ2n) is 5.34. The Kier molecular flexibility index (Phi) is 2.94. The van der Waals surface area contributed by atoms with Crippen molar-refractivity contribution in [1.29, 1.82) is 0 Å². The fourth-order valence-corrected chi connectivity index (χ4v) is 1.95. The summed E-state index contributed by atoms with van der Waals surface area (Å²) < 4.78 is 0. The zero-order valence-electron chi connectivity index (χ0n) is 9.67. The van der Waals surface area contributed by atoms with Gasteiger partial charge in [0.05, 0.1) is 0 Å². The van der Waals surface area contributed by atoms with Gasteiger partial charge in [-0.05, 0) is 20.8 Å². The summed E-state index contributed by atoms with van der Waals surface area (Å²) >= 11 is 0. The second-order valence-corrected chi connectivity index (χ2v) is 5.34. The van der Waals surface area contributed by atoms with Crippen molar-refractivity contribution in [2.24, 2.45) is 5.92 Å². The van der Waals surface area contributed by atoms with Crippen LogP contribution in [0.3, 0.4) is 0 Å². The van der Waals surface area contributed by atoms with E-state index in [0.717, 1.165) is 13.1 Å². The van der Waals surface area contributed by atoms with E-state index in [4.69, 9.17) is 6.42 Å². The smallest absolute Gasteiger partial charge is 0.130 e. The highest BCUT2D eigenvalue weighted by Gasteiger charge is 2.39. The van der Waals surface area contributed by atoms with Crippen molar-refractivity contribution in [3.63, 3.8) is 0 Å². The molecule has 1 saturated heterocycles. The van der Waals surface area contributed by atoms with Crippen LogP contribution < -0.4 is 0 Å². The minimum Gasteiger partial charge on any atom is -0.377 e. The molecule has 0 unspecified atom stereocenters. The molecule has 2 atom stereocenters. The molecule has 0 aromatic carbocycles. The van der Waals surface area contributed by atoms with Crippen LogP contribution in [-0.2, 0) is 0 Å². The van der Waals surface area contributed by atoms with Gasteiger partial charge in [-0.1, -0.05) is 12.8 Å². The molecule has 0 saturated carbocycles. The van der Waals surface area contributed by atoms with Crippen LogP contribution in [0.1, 0.15) is 34.1 Å². The third kappa shape index (κ3) is 2.10. The van der Waals surface area contributed by atoms with Crippen LogP contribution in [0.25, 0.3) is 0 Å². The Morgan fingerprint density at radius 1 is 1.50 bits per heavy atom. The van der Waals surface area contributed by atoms with Crippen LogP contribution in [0.15, 0.2) is 0 Å². The molecule has 1 aliphatic heterocycles. The van der Waals surface area contributed by atoms with Crippen molar-refractivity contribution in [1.82, 2.24) is 4.90 Å². The highest BCUT2D eigenvalue weighted by Crippen LogP contribution is 2.30. The summed E-state index contributed by atoms with van der Waals surface area (Å²) in [5.41, 5.74) is -0.716. The Morgan fingerprint density at radius 3 is 2.43 bits per heavy atom. The zero-order valence-corrected chi connectivity index (χ0v) is 9.67. The number of likely N-dealkylation sites (tertiary alicyclic amines) is 1. The SMILES string of the molecule is C#C[C@]1(O)CCN(C(C)(C)C)C[C@@H]1C. The molecule has 1 fully saturated rings. The summed E-state index contributed by atoms with van der Waals surface area (Å²) in [5, 5.41) is 10.1. The minimum atomic E-state index is -0.887. The molecule has 0 bridgehead atoms. The van der Waals surface area contributed by atoms with Crippen LogP contribution >= 0.6 is 0 Å². The largest absolute Gasteiger partial charge is 0.377 e. The molecule has 0 amide bonds. The van der Waals surface area contributed by atoms with Gasteiger partial charge in [0.25, 0.3) is 0 Å². The molecular weight excluding hydrogens is 174 g/mol. The summed E-state index contributed by atoms with van der Waals surface area (Å²) in [6.07, 6.45) is 6.05. The third-order valence-corrected chi connectivity index (χ3v) is 3.27. The lowest BCUT2D eigenvalue weighted by Gasteiger charge is -2.46. The lowest BCUT2D eigenvalue weighted by molar-refractivity contribution is -0.0441. The average molecular weight is 195 g/mol. The van der Waals surface area contributed by atoms with Gasteiger partial charge >= 0.3 is 0 Å². The van der Waals surface area contributed by atoms with Crippen molar-refractivity contribution in [3.8, 4) is 12.3 Å². The van der Waals surface area contributed by atoms with Gasteiger partial charge in [-0.2, -0.15) is 0 Å². The average Bonchev–Trinajstić information content (AvgIpc) is 2.08. The maximum absolute atomic E-state index is 10.1. The van der Waals surface area contributed by atoms with Gasteiger partial charge in [0.15, 0.2) is 0 Å². The summed E-state index contributed by atoms with van der Waals surface area (Å²) in [6, 6.07) is 0. The minimum absolute atomic E-state index is 0.153. The quantitative estimate of drug-likeness (QED) is 0.592. The van der Waals surface area contributed by atoms with Gasteiger partial charge in [0.2, 0.25) is 0 Å². The predicted octanol–water partition coefficient (Wildman–Crippen LogP) is 1.49. The first-order valence-corrected chi connectivity index (χ1v) is 5.25. The Hall–Kier alpha value is -0.520. The normalized spacial score (nSPS) is 35.3. The molecule has 0 aliphatic carbocycles. The van der Waals surface area contributed by atoms with Crippen LogP contribution in [0, 0.1) is 18.3 Å². The highest BCUT2D eigenvalue weighted by atomic mass is 16.3. The number of nitrogens with zero attached hydrogens (tertiary/aromatic N) is 1. The van der Waals surface area contributed by atoms with Crippen molar-refractivity contribution in [2.45, 2.75) is 45.3 Å². The molecule has 2 nitrogen and oxygen atoms in total. The van der Waals surface area contributed by atoms with Crippen molar-refractivity contribution < 1.29 is 5.11 Å². The summed E-state index contributed by atoms with van der Waals surface area (Å²) in [5.74, 6) is 2.68. The van der Waals surface area contributed by atoms with Gasteiger partial charge < -0.3 is 5.11 Å². The molecular formula is C12H21NO. The van der Waals surface area contributed by atoms with E-state index in [9.17, 15) is 5.11 Å². The first-order chi connectivity index (χ1) is 6.29. The monoisotopic (exact) mass is 195 g/mol. The fourth-order valence-electron chi connectivity index (χ4n) is 1.95. The number of hydrogen-bond acceptors (Lipinski definition) is 2. The Morgan fingerprint density at radius 2 is 2.07 bits per heavy atom. The molecule has 1 aliphatic rings. The molecule has 2 heteroatoms. The van der Waals surface area contributed by atoms with Crippen molar-refractivity contribution >= 4 is 0 Å². The van der Waals surface area contributed by atoms with Gasteiger partial charge in [0, 0.05) is 31.0 Å². The Labute approximate surface area is 87.3 Å². The second kappa shape index (κ2) is 3.56. The van der Waals surface area contributed by atoms with E-state index in [-0.39, 0.29) is 11.5 Å². The first kappa shape index (κ1) is 11.6. The van der Waals surface area contributed by atoms with E-state index >= 15 is 0 Å². The zero-order chi connectivity index (χ0) is 11.0. The van der Waals surface area contributed by atoms with E-state index in [2.05, 4.69) is 31.6 Å². The summed E-state index contributed by atoms with van der Waals surface area (Å²) in [4.78, 5) is 2.38. The summed E-state index contributed by atoms with van der Waals surface area (Å²) in [7, 11) is 0. The maximum atomic E-state index is 10.1. The topological polar surface area (TPSA) is 23.5 Å². The van der Waals surface area contributed by atoms with E-state index < -0.39 is 5.60 Å². The molecule has 0 spiro atoms. The van der Waals surface area contributed by atoms with Crippen molar-refractivity contribution in [2.75, 3.05) is 13.1 Å². The molecule has 0 aromatic heterocycles. The van der Waals surface area contributed by atoms with E-state index in [0.29, 0.717) is 6.42 Å². The Bertz CT molecular complexity index is 248. The van der Waals surface area contributed by atoms with Crippen LogP contribution in [0.2, 0.25) is 0 Å². The molecule has 0 radical (unpaired) electrons. The molecule has 1 rings (SSSR count). The third-order valence-electron chi connectivity index (χ3n) is 3.27. The molecule has 80 valence electrons. The van der Waals surface area contributed by atoms with Gasteiger partial charge in [-0.25, -0.2) is 0 Å². The molecule has 1 heterocycles. The number of rotatable bonds is 0. The van der Waals surface area contributed by atoms with E-state index in [1.54, 1.807) is 0 Å². The number of aliphatic hydroxyl groups is 1. The Balaban J connectivity index is 2.70. The highest BCUT2D eigenvalue weighted by molar-refractivity contribution is 5.12. The maximum Gasteiger partial charge on any atom is 0.130 e. The van der Waals surface area contributed by atoms with Gasteiger partial charge in [-0.15, -0.1) is 6.42 Å². The van der Waals surface area contributed by atoms with E-state index in [1.165, 1.54) is 0 Å². The number of terminal acetylenes is 1. The van der Waals surface area contributed by atoms with Crippen LogP contribution in [0.4, 0.5) is 0 Å². The van der Waals surface area contributed by atoms with Crippen LogP contribution in [-0.4, -0.2) is 34.2 Å². The lowest BCUT2D eigenvalue weighted by Crippen LogP contribution is -2.55. The summed E-state index contributed by atoms with van der Waals surface area (Å²) in [6.45, 7) is 10.4. The van der Waals surface area contributed by atoms with Crippen molar-refractivity contribution in [3.05, 3.63) is 0 Å².